The van der Waals surface area contributed by atoms with Crippen LogP contribution < -0.4 is 10.5 Å². The summed E-state index contributed by atoms with van der Waals surface area (Å²) in [5.41, 5.74) is 8.48. The summed E-state index contributed by atoms with van der Waals surface area (Å²) in [5, 5.41) is 0.772. The molecule has 2 nitrogen and oxygen atoms in total. The van der Waals surface area contributed by atoms with Crippen molar-refractivity contribution in [1.29, 1.82) is 0 Å². The SMILES string of the molecule is COc1cc(Cl)c(C)c(C2(CN)CCC2)c1. The molecule has 2 N–H and O–H groups in total. The average Bonchev–Trinajstić information content (AvgIpc) is 2.23. The Kier molecular flexibility index (Phi) is 3.13. The van der Waals surface area contributed by atoms with Gasteiger partial charge in [0.2, 0.25) is 0 Å². The van der Waals surface area contributed by atoms with E-state index < -0.39 is 0 Å². The van der Waals surface area contributed by atoms with Crippen molar-refractivity contribution in [3.05, 3.63) is 28.3 Å². The zero-order chi connectivity index (χ0) is 11.8. The molecule has 0 aliphatic heterocycles. The van der Waals surface area contributed by atoms with Crippen LogP contribution in [-0.2, 0) is 5.41 Å². The molecule has 1 fully saturated rings. The summed E-state index contributed by atoms with van der Waals surface area (Å²) in [7, 11) is 1.67. The van der Waals surface area contributed by atoms with Crippen molar-refractivity contribution < 1.29 is 4.74 Å². The highest BCUT2D eigenvalue weighted by Gasteiger charge is 2.38. The fourth-order valence-electron chi connectivity index (χ4n) is 2.51. The number of hydrogen-bond acceptors (Lipinski definition) is 2. The summed E-state index contributed by atoms with van der Waals surface area (Å²) in [6.45, 7) is 2.75. The maximum absolute atomic E-state index is 6.22. The van der Waals surface area contributed by atoms with Crippen molar-refractivity contribution in [2.45, 2.75) is 31.6 Å². The molecule has 16 heavy (non-hydrogen) atoms. The molecule has 0 aromatic heterocycles. The summed E-state index contributed by atoms with van der Waals surface area (Å²) in [6, 6.07) is 3.95. The Morgan fingerprint density at radius 3 is 2.56 bits per heavy atom. The maximum atomic E-state index is 6.22. The van der Waals surface area contributed by atoms with Crippen LogP contribution in [0.25, 0.3) is 0 Å². The third-order valence-electron chi connectivity index (χ3n) is 3.83. The fraction of sp³-hybridized carbons (Fsp3) is 0.538. The summed E-state index contributed by atoms with van der Waals surface area (Å²) in [5.74, 6) is 0.824. The van der Waals surface area contributed by atoms with E-state index in [4.69, 9.17) is 22.1 Å². The predicted octanol–water partition coefficient (Wildman–Crippen LogP) is 3.04. The van der Waals surface area contributed by atoms with Crippen molar-refractivity contribution in [3.63, 3.8) is 0 Å². The molecule has 3 heteroatoms. The topological polar surface area (TPSA) is 35.2 Å². The number of benzene rings is 1. The number of ether oxygens (including phenoxy) is 1. The van der Waals surface area contributed by atoms with Crippen molar-refractivity contribution in [2.75, 3.05) is 13.7 Å². The largest absolute Gasteiger partial charge is 0.497 e. The number of nitrogens with two attached hydrogens (primary N) is 1. The second-order valence-electron chi connectivity index (χ2n) is 4.62. The highest BCUT2D eigenvalue weighted by molar-refractivity contribution is 6.31. The zero-order valence-corrected chi connectivity index (χ0v) is 10.6. The summed E-state index contributed by atoms with van der Waals surface area (Å²) < 4.78 is 5.27. The number of hydrogen-bond donors (Lipinski definition) is 1. The standard InChI is InChI=1S/C13H18ClNO/c1-9-11(13(8-15)4-3-5-13)6-10(16-2)7-12(9)14/h6-7H,3-5,8,15H2,1-2H3. The maximum Gasteiger partial charge on any atom is 0.120 e. The summed E-state index contributed by atoms with van der Waals surface area (Å²) in [6.07, 6.45) is 3.58. The van der Waals surface area contributed by atoms with E-state index in [9.17, 15) is 0 Å². The van der Waals surface area contributed by atoms with Gasteiger partial charge < -0.3 is 10.5 Å². The lowest BCUT2D eigenvalue weighted by Crippen LogP contribution is -2.42. The van der Waals surface area contributed by atoms with Gasteiger partial charge in [-0.2, -0.15) is 0 Å². The van der Waals surface area contributed by atoms with Crippen LogP contribution in [0.15, 0.2) is 12.1 Å². The van der Waals surface area contributed by atoms with Gasteiger partial charge in [0, 0.05) is 17.0 Å². The zero-order valence-electron chi connectivity index (χ0n) is 9.85. The van der Waals surface area contributed by atoms with E-state index in [0.717, 1.165) is 29.2 Å². The van der Waals surface area contributed by atoms with Gasteiger partial charge in [-0.3, -0.25) is 0 Å². The minimum Gasteiger partial charge on any atom is -0.497 e. The van der Waals surface area contributed by atoms with E-state index >= 15 is 0 Å². The molecule has 1 saturated carbocycles. The van der Waals surface area contributed by atoms with Crippen molar-refractivity contribution >= 4 is 11.6 Å². The van der Waals surface area contributed by atoms with Crippen LogP contribution in [0, 0.1) is 6.92 Å². The van der Waals surface area contributed by atoms with E-state index in [0.29, 0.717) is 6.54 Å². The van der Waals surface area contributed by atoms with Crippen molar-refractivity contribution in [3.8, 4) is 5.75 Å². The molecule has 0 saturated heterocycles. The van der Waals surface area contributed by atoms with E-state index in [2.05, 4.69) is 13.0 Å². The molecule has 0 atom stereocenters. The van der Waals surface area contributed by atoms with E-state index in [-0.39, 0.29) is 5.41 Å². The Morgan fingerprint density at radius 2 is 2.12 bits per heavy atom. The van der Waals surface area contributed by atoms with Crippen LogP contribution in [0.2, 0.25) is 5.02 Å². The normalized spacial score (nSPS) is 18.0. The van der Waals surface area contributed by atoms with Crippen LogP contribution in [0.5, 0.6) is 5.75 Å². The van der Waals surface area contributed by atoms with Gasteiger partial charge in [-0.25, -0.2) is 0 Å². The lowest BCUT2D eigenvalue weighted by atomic mass is 9.63. The van der Waals surface area contributed by atoms with E-state index in [1.54, 1.807) is 7.11 Å². The van der Waals surface area contributed by atoms with Gasteiger partial charge in [-0.05, 0) is 43.0 Å². The average molecular weight is 240 g/mol. The molecule has 0 amide bonds. The summed E-state index contributed by atoms with van der Waals surface area (Å²) >= 11 is 6.22. The Bertz CT molecular complexity index is 394. The van der Waals surface area contributed by atoms with Gasteiger partial charge in [0.25, 0.3) is 0 Å². The Balaban J connectivity index is 2.50. The number of halogens is 1. The van der Waals surface area contributed by atoms with Crippen LogP contribution in [0.1, 0.15) is 30.4 Å². The molecule has 0 unspecified atom stereocenters. The Morgan fingerprint density at radius 1 is 1.44 bits per heavy atom. The quantitative estimate of drug-likeness (QED) is 0.880. The molecular weight excluding hydrogens is 222 g/mol. The second kappa shape index (κ2) is 4.27. The third kappa shape index (κ3) is 1.70. The van der Waals surface area contributed by atoms with Crippen molar-refractivity contribution in [2.24, 2.45) is 5.73 Å². The summed E-state index contributed by atoms with van der Waals surface area (Å²) in [4.78, 5) is 0. The second-order valence-corrected chi connectivity index (χ2v) is 5.03. The van der Waals surface area contributed by atoms with Crippen LogP contribution in [-0.4, -0.2) is 13.7 Å². The first-order valence-corrected chi connectivity index (χ1v) is 6.05. The van der Waals surface area contributed by atoms with Gasteiger partial charge in [-0.1, -0.05) is 18.0 Å². The molecule has 1 aromatic rings. The smallest absolute Gasteiger partial charge is 0.120 e. The molecule has 1 aromatic carbocycles. The molecule has 1 aliphatic rings. The Hall–Kier alpha value is -0.730. The minimum atomic E-state index is 0.141. The fourth-order valence-corrected chi connectivity index (χ4v) is 2.72. The molecule has 2 rings (SSSR count). The monoisotopic (exact) mass is 239 g/mol. The highest BCUT2D eigenvalue weighted by Crippen LogP contribution is 2.46. The van der Waals surface area contributed by atoms with Gasteiger partial charge >= 0.3 is 0 Å². The molecular formula is C13H18ClNO. The third-order valence-corrected chi connectivity index (χ3v) is 4.22. The highest BCUT2D eigenvalue weighted by atomic mass is 35.5. The molecule has 0 radical (unpaired) electrons. The molecule has 0 spiro atoms. The number of rotatable bonds is 3. The van der Waals surface area contributed by atoms with E-state index in [1.165, 1.54) is 12.0 Å². The first kappa shape index (κ1) is 11.7. The van der Waals surface area contributed by atoms with Gasteiger partial charge in [0.15, 0.2) is 0 Å². The predicted molar refractivity (Wildman–Crippen MR) is 67.3 cm³/mol. The van der Waals surface area contributed by atoms with Crippen molar-refractivity contribution in [1.82, 2.24) is 0 Å². The van der Waals surface area contributed by atoms with Crippen LogP contribution in [0.4, 0.5) is 0 Å². The molecule has 0 bridgehead atoms. The molecule has 88 valence electrons. The Labute approximate surface area is 102 Å². The van der Waals surface area contributed by atoms with Crippen LogP contribution >= 0.6 is 11.6 Å². The number of methoxy groups -OCH3 is 1. The lowest BCUT2D eigenvalue weighted by molar-refractivity contribution is 0.251. The minimum absolute atomic E-state index is 0.141. The first-order valence-electron chi connectivity index (χ1n) is 5.67. The van der Waals surface area contributed by atoms with Gasteiger partial charge in [0.05, 0.1) is 7.11 Å². The van der Waals surface area contributed by atoms with E-state index in [1.807, 2.05) is 6.07 Å². The molecule has 1 aliphatic carbocycles. The lowest BCUT2D eigenvalue weighted by Gasteiger charge is -2.42. The van der Waals surface area contributed by atoms with Gasteiger partial charge in [0.1, 0.15) is 5.75 Å². The van der Waals surface area contributed by atoms with Crippen LogP contribution in [0.3, 0.4) is 0 Å². The first-order chi connectivity index (χ1) is 7.63. The van der Waals surface area contributed by atoms with Gasteiger partial charge in [-0.15, -0.1) is 0 Å². The molecule has 0 heterocycles.